The highest BCUT2D eigenvalue weighted by Crippen LogP contribution is 2.25. The fourth-order valence-corrected chi connectivity index (χ4v) is 1.54. The standard InChI is InChI=1S/C9H8F2OS/c1-5(12)6-3-4-7(10)9(13-2)8(6)11/h3-4H,1-2H3. The lowest BCUT2D eigenvalue weighted by atomic mass is 10.1. The number of Topliss-reactive ketones (excluding diaryl/α,β-unsaturated/α-hetero) is 1. The Morgan fingerprint density at radius 1 is 1.38 bits per heavy atom. The van der Waals surface area contributed by atoms with Gasteiger partial charge in [-0.25, -0.2) is 8.78 Å². The van der Waals surface area contributed by atoms with E-state index < -0.39 is 17.4 Å². The second kappa shape index (κ2) is 3.87. The first-order valence-corrected chi connectivity index (χ1v) is 4.83. The van der Waals surface area contributed by atoms with E-state index in [9.17, 15) is 13.6 Å². The molecule has 1 aromatic rings. The third kappa shape index (κ3) is 1.88. The molecule has 0 N–H and O–H groups in total. The third-order valence-electron chi connectivity index (χ3n) is 1.63. The molecule has 70 valence electrons. The van der Waals surface area contributed by atoms with E-state index in [0.717, 1.165) is 23.9 Å². The molecule has 0 unspecified atom stereocenters. The molecule has 0 atom stereocenters. The van der Waals surface area contributed by atoms with Crippen LogP contribution in [0.5, 0.6) is 0 Å². The molecular formula is C9H8F2OS. The Hall–Kier alpha value is -0.900. The molecule has 0 saturated heterocycles. The van der Waals surface area contributed by atoms with Crippen LogP contribution in [0.3, 0.4) is 0 Å². The van der Waals surface area contributed by atoms with Gasteiger partial charge in [-0.1, -0.05) is 0 Å². The number of rotatable bonds is 2. The van der Waals surface area contributed by atoms with Crippen molar-refractivity contribution in [3.8, 4) is 0 Å². The summed E-state index contributed by atoms with van der Waals surface area (Å²) in [5.41, 5.74) is -0.0641. The first-order chi connectivity index (χ1) is 6.07. The Kier molecular flexibility index (Phi) is 3.03. The highest BCUT2D eigenvalue weighted by molar-refractivity contribution is 7.98. The van der Waals surface area contributed by atoms with E-state index in [1.807, 2.05) is 0 Å². The van der Waals surface area contributed by atoms with E-state index >= 15 is 0 Å². The van der Waals surface area contributed by atoms with Crippen LogP contribution in [0.2, 0.25) is 0 Å². The SMILES string of the molecule is CSc1c(F)ccc(C(C)=O)c1F. The molecule has 1 aromatic carbocycles. The van der Waals surface area contributed by atoms with Gasteiger partial charge in [-0.05, 0) is 25.3 Å². The van der Waals surface area contributed by atoms with Gasteiger partial charge in [0.25, 0.3) is 0 Å². The number of carbonyl (C=O) groups excluding carboxylic acids is 1. The Bertz CT molecular complexity index is 350. The molecule has 4 heteroatoms. The lowest BCUT2D eigenvalue weighted by Crippen LogP contribution is -2.00. The molecule has 0 radical (unpaired) electrons. The quantitative estimate of drug-likeness (QED) is 0.541. The van der Waals surface area contributed by atoms with Crippen molar-refractivity contribution in [1.82, 2.24) is 0 Å². The average molecular weight is 202 g/mol. The van der Waals surface area contributed by atoms with Gasteiger partial charge in [-0.3, -0.25) is 4.79 Å². The molecule has 1 rings (SSSR count). The lowest BCUT2D eigenvalue weighted by molar-refractivity contribution is 0.101. The minimum Gasteiger partial charge on any atom is -0.294 e. The normalized spacial score (nSPS) is 10.2. The second-order valence-electron chi connectivity index (χ2n) is 2.50. The molecule has 0 spiro atoms. The highest BCUT2D eigenvalue weighted by Gasteiger charge is 2.14. The summed E-state index contributed by atoms with van der Waals surface area (Å²) in [4.78, 5) is 10.8. The predicted molar refractivity (Wildman–Crippen MR) is 48.1 cm³/mol. The summed E-state index contributed by atoms with van der Waals surface area (Å²) in [6.07, 6.45) is 1.56. The van der Waals surface area contributed by atoms with Gasteiger partial charge in [0.2, 0.25) is 0 Å². The molecule has 0 aliphatic heterocycles. The van der Waals surface area contributed by atoms with Crippen molar-refractivity contribution in [1.29, 1.82) is 0 Å². The summed E-state index contributed by atoms with van der Waals surface area (Å²) < 4.78 is 26.2. The van der Waals surface area contributed by atoms with E-state index in [1.165, 1.54) is 6.92 Å². The summed E-state index contributed by atoms with van der Waals surface area (Å²) in [5, 5.41) is 0. The second-order valence-corrected chi connectivity index (χ2v) is 3.31. The Labute approximate surface area is 79.1 Å². The van der Waals surface area contributed by atoms with Crippen molar-refractivity contribution < 1.29 is 13.6 Å². The molecule has 13 heavy (non-hydrogen) atoms. The highest BCUT2D eigenvalue weighted by atomic mass is 32.2. The maximum Gasteiger partial charge on any atom is 0.162 e. The zero-order valence-electron chi connectivity index (χ0n) is 7.23. The fraction of sp³-hybridized carbons (Fsp3) is 0.222. The predicted octanol–water partition coefficient (Wildman–Crippen LogP) is 2.89. The number of hydrogen-bond donors (Lipinski definition) is 0. The van der Waals surface area contributed by atoms with Gasteiger partial charge in [0.15, 0.2) is 5.78 Å². The van der Waals surface area contributed by atoms with E-state index in [0.29, 0.717) is 0 Å². The van der Waals surface area contributed by atoms with Gasteiger partial charge in [-0.2, -0.15) is 0 Å². The van der Waals surface area contributed by atoms with Crippen molar-refractivity contribution in [3.05, 3.63) is 29.3 Å². The monoisotopic (exact) mass is 202 g/mol. The summed E-state index contributed by atoms with van der Waals surface area (Å²) >= 11 is 0.951. The van der Waals surface area contributed by atoms with Crippen LogP contribution in [0.15, 0.2) is 17.0 Å². The summed E-state index contributed by atoms with van der Waals surface area (Å²) in [6, 6.07) is 2.26. The summed E-state index contributed by atoms with van der Waals surface area (Å²) in [5.74, 6) is -1.79. The van der Waals surface area contributed by atoms with Crippen molar-refractivity contribution in [2.75, 3.05) is 6.26 Å². The minimum absolute atomic E-state index is 0.0641. The first kappa shape index (κ1) is 10.2. The van der Waals surface area contributed by atoms with Crippen LogP contribution in [0, 0.1) is 11.6 Å². The Balaban J connectivity index is 3.35. The zero-order valence-corrected chi connectivity index (χ0v) is 8.04. The van der Waals surface area contributed by atoms with Gasteiger partial charge in [0.05, 0.1) is 10.5 Å². The van der Waals surface area contributed by atoms with Crippen LogP contribution in [0.4, 0.5) is 8.78 Å². The first-order valence-electron chi connectivity index (χ1n) is 3.61. The van der Waals surface area contributed by atoms with E-state index in [-0.39, 0.29) is 10.5 Å². The lowest BCUT2D eigenvalue weighted by Gasteiger charge is -2.04. The van der Waals surface area contributed by atoms with Gasteiger partial charge in [-0.15, -0.1) is 11.8 Å². The number of ketones is 1. The van der Waals surface area contributed by atoms with Crippen LogP contribution in [0.1, 0.15) is 17.3 Å². The van der Waals surface area contributed by atoms with Crippen molar-refractivity contribution in [2.45, 2.75) is 11.8 Å². The molecule has 0 heterocycles. The van der Waals surface area contributed by atoms with Crippen LogP contribution < -0.4 is 0 Å². The number of benzene rings is 1. The topological polar surface area (TPSA) is 17.1 Å². The number of halogens is 2. The maximum absolute atomic E-state index is 13.3. The van der Waals surface area contributed by atoms with E-state index in [2.05, 4.69) is 0 Å². The smallest absolute Gasteiger partial charge is 0.162 e. The largest absolute Gasteiger partial charge is 0.294 e. The van der Waals surface area contributed by atoms with Gasteiger partial charge >= 0.3 is 0 Å². The molecule has 0 fully saturated rings. The van der Waals surface area contributed by atoms with Crippen molar-refractivity contribution in [2.24, 2.45) is 0 Å². The Morgan fingerprint density at radius 3 is 2.46 bits per heavy atom. The molecule has 0 aromatic heterocycles. The summed E-state index contributed by atoms with van der Waals surface area (Å²) in [7, 11) is 0. The number of carbonyl (C=O) groups is 1. The van der Waals surface area contributed by atoms with Crippen LogP contribution >= 0.6 is 11.8 Å². The molecule has 0 aliphatic carbocycles. The fourth-order valence-electron chi connectivity index (χ4n) is 0.992. The zero-order chi connectivity index (χ0) is 10.0. The molecule has 0 bridgehead atoms. The van der Waals surface area contributed by atoms with Gasteiger partial charge < -0.3 is 0 Å². The van der Waals surface area contributed by atoms with Crippen LogP contribution in [-0.2, 0) is 0 Å². The number of hydrogen-bond acceptors (Lipinski definition) is 2. The van der Waals surface area contributed by atoms with Crippen molar-refractivity contribution in [3.63, 3.8) is 0 Å². The molecule has 0 aliphatic rings. The van der Waals surface area contributed by atoms with Gasteiger partial charge in [0, 0.05) is 0 Å². The Morgan fingerprint density at radius 2 is 2.00 bits per heavy atom. The molecule has 1 nitrogen and oxygen atoms in total. The maximum atomic E-state index is 13.3. The average Bonchev–Trinajstić information content (AvgIpc) is 2.04. The van der Waals surface area contributed by atoms with E-state index in [4.69, 9.17) is 0 Å². The molecule has 0 saturated carbocycles. The molecule has 0 amide bonds. The third-order valence-corrected chi connectivity index (χ3v) is 2.41. The summed E-state index contributed by atoms with van der Waals surface area (Å²) in [6.45, 7) is 1.25. The van der Waals surface area contributed by atoms with E-state index in [1.54, 1.807) is 6.26 Å². The van der Waals surface area contributed by atoms with Crippen LogP contribution in [0.25, 0.3) is 0 Å². The minimum atomic E-state index is -0.764. The van der Waals surface area contributed by atoms with Gasteiger partial charge in [0.1, 0.15) is 11.6 Å². The van der Waals surface area contributed by atoms with Crippen molar-refractivity contribution >= 4 is 17.5 Å². The number of thioether (sulfide) groups is 1. The molecular weight excluding hydrogens is 194 g/mol. The van der Waals surface area contributed by atoms with Crippen LogP contribution in [-0.4, -0.2) is 12.0 Å².